The lowest BCUT2D eigenvalue weighted by Crippen LogP contribution is -2.45. The molecule has 0 saturated heterocycles. The fourth-order valence-electron chi connectivity index (χ4n) is 3.85. The smallest absolute Gasteiger partial charge is 0.257 e. The Bertz CT molecular complexity index is 964. The van der Waals surface area contributed by atoms with Gasteiger partial charge in [0.15, 0.2) is 6.61 Å². The molecule has 1 aliphatic heterocycles. The number of rotatable bonds is 6. The summed E-state index contributed by atoms with van der Waals surface area (Å²) >= 11 is 0. The number of nitrogens with zero attached hydrogens (tertiary/aromatic N) is 1. The third-order valence-corrected chi connectivity index (χ3v) is 5.51. The fraction of sp³-hybridized carbons (Fsp3) is 0.462. The molecule has 32 heavy (non-hydrogen) atoms. The van der Waals surface area contributed by atoms with Gasteiger partial charge in [0, 0.05) is 18.5 Å². The number of carbonyl (C=O) groups excluding carboxylic acids is 2. The average Bonchev–Trinajstić information content (AvgIpc) is 2.74. The van der Waals surface area contributed by atoms with Gasteiger partial charge in [-0.05, 0) is 53.3 Å². The molecule has 6 heteroatoms. The molecule has 1 atom stereocenters. The zero-order chi connectivity index (χ0) is 23.5. The van der Waals surface area contributed by atoms with E-state index in [2.05, 4.69) is 5.32 Å². The Balaban J connectivity index is 1.91. The zero-order valence-electron chi connectivity index (χ0n) is 19.6. The predicted octanol–water partition coefficient (Wildman–Crippen LogP) is 4.50. The topological polar surface area (TPSA) is 58.6 Å². The number of carbonyl (C=O) groups is 2. The van der Waals surface area contributed by atoms with E-state index in [4.69, 9.17) is 4.74 Å². The summed E-state index contributed by atoms with van der Waals surface area (Å²) in [4.78, 5) is 27.2. The molecule has 0 bridgehead atoms. The minimum Gasteiger partial charge on any atom is -0.484 e. The molecular formula is C26H33FN2O3. The largest absolute Gasteiger partial charge is 0.484 e. The summed E-state index contributed by atoms with van der Waals surface area (Å²) in [6, 6.07) is 11.7. The first kappa shape index (κ1) is 23.8. The van der Waals surface area contributed by atoms with E-state index in [1.165, 1.54) is 12.1 Å². The molecule has 1 unspecified atom stereocenters. The molecule has 0 saturated carbocycles. The van der Waals surface area contributed by atoms with Crippen LogP contribution in [0.2, 0.25) is 0 Å². The molecule has 0 fully saturated rings. The molecule has 2 aromatic carbocycles. The van der Waals surface area contributed by atoms with E-state index in [1.54, 1.807) is 12.1 Å². The summed E-state index contributed by atoms with van der Waals surface area (Å²) in [7, 11) is 0. The first-order valence-corrected chi connectivity index (χ1v) is 11.1. The van der Waals surface area contributed by atoms with Crippen molar-refractivity contribution < 1.29 is 18.7 Å². The van der Waals surface area contributed by atoms with Gasteiger partial charge in [0.25, 0.3) is 5.91 Å². The summed E-state index contributed by atoms with van der Waals surface area (Å²) in [5, 5.41) is 2.84. The Morgan fingerprint density at radius 3 is 2.47 bits per heavy atom. The number of halogens is 1. The van der Waals surface area contributed by atoms with E-state index < -0.39 is 5.41 Å². The SMILES string of the molecule is CC(C)CNC(=O)COc1ccc2c(c1)C(c1ccc(F)cc1)N(C(=O)C(C)(C)C)CC2. The van der Waals surface area contributed by atoms with Crippen molar-refractivity contribution in [3.63, 3.8) is 0 Å². The summed E-state index contributed by atoms with van der Waals surface area (Å²) in [5.41, 5.74) is 2.37. The van der Waals surface area contributed by atoms with Crippen molar-refractivity contribution in [2.45, 2.75) is 47.1 Å². The highest BCUT2D eigenvalue weighted by molar-refractivity contribution is 5.83. The van der Waals surface area contributed by atoms with Crippen molar-refractivity contribution in [3.8, 4) is 5.75 Å². The molecule has 0 spiro atoms. The lowest BCUT2D eigenvalue weighted by atomic mass is 9.85. The Morgan fingerprint density at radius 1 is 1.16 bits per heavy atom. The Kier molecular flexibility index (Phi) is 7.22. The highest BCUT2D eigenvalue weighted by Gasteiger charge is 2.37. The number of ether oxygens (including phenoxy) is 1. The second-order valence-electron chi connectivity index (χ2n) is 9.80. The summed E-state index contributed by atoms with van der Waals surface area (Å²) in [6.07, 6.45) is 0.726. The molecule has 5 nitrogen and oxygen atoms in total. The van der Waals surface area contributed by atoms with Crippen molar-refractivity contribution in [2.75, 3.05) is 19.7 Å². The van der Waals surface area contributed by atoms with Gasteiger partial charge >= 0.3 is 0 Å². The average molecular weight is 441 g/mol. The van der Waals surface area contributed by atoms with Crippen LogP contribution in [0.25, 0.3) is 0 Å². The van der Waals surface area contributed by atoms with E-state index >= 15 is 0 Å². The van der Waals surface area contributed by atoms with Crippen LogP contribution in [0.5, 0.6) is 5.75 Å². The maximum atomic E-state index is 13.6. The van der Waals surface area contributed by atoms with E-state index in [0.29, 0.717) is 24.8 Å². The van der Waals surface area contributed by atoms with Gasteiger partial charge in [-0.15, -0.1) is 0 Å². The Morgan fingerprint density at radius 2 is 1.84 bits per heavy atom. The number of hydrogen-bond donors (Lipinski definition) is 1. The molecule has 172 valence electrons. The summed E-state index contributed by atoms with van der Waals surface area (Å²) in [5.74, 6) is 0.488. The Hall–Kier alpha value is -2.89. The van der Waals surface area contributed by atoms with Crippen molar-refractivity contribution in [1.82, 2.24) is 10.2 Å². The van der Waals surface area contributed by atoms with Gasteiger partial charge in [-0.1, -0.05) is 52.8 Å². The van der Waals surface area contributed by atoms with Gasteiger partial charge in [-0.3, -0.25) is 9.59 Å². The predicted molar refractivity (Wildman–Crippen MR) is 123 cm³/mol. The van der Waals surface area contributed by atoms with Crippen LogP contribution in [0, 0.1) is 17.2 Å². The molecule has 2 aromatic rings. The van der Waals surface area contributed by atoms with E-state index in [9.17, 15) is 14.0 Å². The van der Waals surface area contributed by atoms with Gasteiger partial charge in [0.2, 0.25) is 5.91 Å². The van der Waals surface area contributed by atoms with Gasteiger partial charge < -0.3 is 15.0 Å². The van der Waals surface area contributed by atoms with Crippen LogP contribution in [0.3, 0.4) is 0 Å². The standard InChI is InChI=1S/C26H33FN2O3/c1-17(2)15-28-23(30)16-32-21-11-8-18-12-13-29(25(31)26(3,4)5)24(22(18)14-21)19-6-9-20(27)10-7-19/h6-11,14,17,24H,12-13,15-16H2,1-5H3,(H,28,30). The maximum absolute atomic E-state index is 13.6. The van der Waals surface area contributed by atoms with E-state index in [-0.39, 0.29) is 30.3 Å². The number of fused-ring (bicyclic) bond motifs is 1. The lowest BCUT2D eigenvalue weighted by Gasteiger charge is -2.41. The minimum atomic E-state index is -0.543. The van der Waals surface area contributed by atoms with E-state index in [0.717, 1.165) is 23.1 Å². The van der Waals surface area contributed by atoms with Gasteiger partial charge in [0.1, 0.15) is 11.6 Å². The summed E-state index contributed by atoms with van der Waals surface area (Å²) < 4.78 is 19.4. The van der Waals surface area contributed by atoms with Crippen LogP contribution in [0.4, 0.5) is 4.39 Å². The normalized spacial score (nSPS) is 16.0. The van der Waals surface area contributed by atoms with Crippen LogP contribution in [0.15, 0.2) is 42.5 Å². The monoisotopic (exact) mass is 440 g/mol. The maximum Gasteiger partial charge on any atom is 0.257 e. The first-order chi connectivity index (χ1) is 15.1. The lowest BCUT2D eigenvalue weighted by molar-refractivity contribution is -0.141. The van der Waals surface area contributed by atoms with Gasteiger partial charge in [-0.25, -0.2) is 4.39 Å². The second-order valence-corrected chi connectivity index (χ2v) is 9.80. The third kappa shape index (κ3) is 5.67. The van der Waals surface area contributed by atoms with Crippen molar-refractivity contribution in [2.24, 2.45) is 11.3 Å². The van der Waals surface area contributed by atoms with Crippen molar-refractivity contribution in [3.05, 3.63) is 65.0 Å². The molecule has 1 heterocycles. The second kappa shape index (κ2) is 9.72. The number of hydrogen-bond acceptors (Lipinski definition) is 3. The molecule has 3 rings (SSSR count). The van der Waals surface area contributed by atoms with Crippen molar-refractivity contribution in [1.29, 1.82) is 0 Å². The van der Waals surface area contributed by atoms with Crippen LogP contribution in [-0.2, 0) is 16.0 Å². The number of nitrogens with one attached hydrogen (secondary N) is 1. The molecule has 0 aromatic heterocycles. The van der Waals surface area contributed by atoms with E-state index in [1.807, 2.05) is 57.7 Å². The minimum absolute atomic E-state index is 0.0388. The number of amides is 2. The molecule has 0 aliphatic carbocycles. The highest BCUT2D eigenvalue weighted by atomic mass is 19.1. The first-order valence-electron chi connectivity index (χ1n) is 11.1. The zero-order valence-corrected chi connectivity index (χ0v) is 19.6. The van der Waals surface area contributed by atoms with Crippen LogP contribution in [-0.4, -0.2) is 36.4 Å². The highest BCUT2D eigenvalue weighted by Crippen LogP contribution is 2.39. The van der Waals surface area contributed by atoms with Crippen molar-refractivity contribution >= 4 is 11.8 Å². The molecule has 1 N–H and O–H groups in total. The Labute approximate surface area is 190 Å². The molecule has 0 radical (unpaired) electrons. The van der Waals surface area contributed by atoms with Crippen LogP contribution in [0.1, 0.15) is 57.4 Å². The van der Waals surface area contributed by atoms with Crippen LogP contribution >= 0.6 is 0 Å². The molecule has 2 amide bonds. The fourth-order valence-corrected chi connectivity index (χ4v) is 3.85. The molecule has 1 aliphatic rings. The van der Waals surface area contributed by atoms with Crippen LogP contribution < -0.4 is 10.1 Å². The van der Waals surface area contributed by atoms with Gasteiger partial charge in [-0.2, -0.15) is 0 Å². The summed E-state index contributed by atoms with van der Waals surface area (Å²) in [6.45, 7) is 10.9. The third-order valence-electron chi connectivity index (χ3n) is 5.51. The number of benzene rings is 2. The molecular weight excluding hydrogens is 407 g/mol. The quantitative estimate of drug-likeness (QED) is 0.720. The van der Waals surface area contributed by atoms with Gasteiger partial charge in [0.05, 0.1) is 6.04 Å².